The minimum Gasteiger partial charge on any atom is -0.489 e. The predicted octanol–water partition coefficient (Wildman–Crippen LogP) is 4.90. The average molecular weight is 395 g/mol. The van der Waals surface area contributed by atoms with Crippen molar-refractivity contribution in [3.05, 3.63) is 95.3 Å². The molecule has 0 aliphatic rings. The van der Waals surface area contributed by atoms with Crippen molar-refractivity contribution in [3.63, 3.8) is 0 Å². The number of allylic oxidation sites excluding steroid dienone is 1. The van der Waals surface area contributed by atoms with Crippen molar-refractivity contribution < 1.29 is 14.6 Å². The number of nitrogens with zero attached hydrogens (tertiary/aromatic N) is 2. The van der Waals surface area contributed by atoms with Crippen LogP contribution in [0.4, 0.5) is 0 Å². The van der Waals surface area contributed by atoms with E-state index in [9.17, 15) is 10.1 Å². The maximum Gasteiger partial charge on any atom is 0.335 e. The Bertz CT molecular complexity index is 1250. The van der Waals surface area contributed by atoms with E-state index in [1.165, 1.54) is 0 Å². The topological polar surface area (TPSA) is 99.0 Å². The second-order valence-corrected chi connectivity index (χ2v) is 6.64. The Balaban J connectivity index is 1.48. The summed E-state index contributed by atoms with van der Waals surface area (Å²) < 4.78 is 5.74. The highest BCUT2D eigenvalue weighted by Crippen LogP contribution is 2.21. The number of nitrogens with one attached hydrogen (secondary N) is 1. The van der Waals surface area contributed by atoms with Crippen LogP contribution in [0.15, 0.2) is 72.8 Å². The number of aromatic carboxylic acids is 1. The third kappa shape index (κ3) is 4.21. The summed E-state index contributed by atoms with van der Waals surface area (Å²) >= 11 is 0. The molecular weight excluding hydrogens is 378 g/mol. The quantitative estimate of drug-likeness (QED) is 0.452. The van der Waals surface area contributed by atoms with Gasteiger partial charge in [0.05, 0.1) is 22.2 Å². The first-order valence-electron chi connectivity index (χ1n) is 9.24. The van der Waals surface area contributed by atoms with Crippen LogP contribution in [0.5, 0.6) is 5.75 Å². The number of fused-ring (bicyclic) bond motifs is 1. The first kappa shape index (κ1) is 19.0. The molecule has 2 N–H and O–H groups in total. The summed E-state index contributed by atoms with van der Waals surface area (Å²) in [6.45, 7) is 0.263. The largest absolute Gasteiger partial charge is 0.489 e. The third-order valence-corrected chi connectivity index (χ3v) is 4.54. The molecule has 0 radical (unpaired) electrons. The first-order valence-corrected chi connectivity index (χ1v) is 9.24. The standard InChI is InChI=1S/C24H17N3O3/c25-14-19(23-26-21-6-1-2-7-22(21)27-23)12-16-8-10-20(11-9-16)30-15-17-4-3-5-18(13-17)24(28)29/h1-13H,15H2,(H,26,27)(H,28,29)/b19-12-. The summed E-state index contributed by atoms with van der Waals surface area (Å²) in [5, 5.41) is 18.6. The Labute approximate surface area is 172 Å². The molecule has 146 valence electrons. The molecule has 0 fully saturated rings. The number of nitriles is 1. The number of carbonyl (C=O) groups is 1. The van der Waals surface area contributed by atoms with E-state index in [1.54, 1.807) is 36.4 Å². The molecule has 3 aromatic carbocycles. The molecule has 0 atom stereocenters. The number of ether oxygens (including phenoxy) is 1. The van der Waals surface area contributed by atoms with Crippen LogP contribution in [0.1, 0.15) is 27.3 Å². The average Bonchev–Trinajstić information content (AvgIpc) is 3.21. The molecule has 1 heterocycles. The molecule has 0 aliphatic carbocycles. The van der Waals surface area contributed by atoms with E-state index in [1.807, 2.05) is 42.5 Å². The Morgan fingerprint density at radius 1 is 1.10 bits per heavy atom. The zero-order valence-electron chi connectivity index (χ0n) is 15.9. The molecule has 0 spiro atoms. The van der Waals surface area contributed by atoms with Crippen molar-refractivity contribution in [1.82, 2.24) is 9.97 Å². The molecule has 0 amide bonds. The maximum atomic E-state index is 11.1. The molecule has 0 aliphatic heterocycles. The van der Waals surface area contributed by atoms with Crippen LogP contribution in [-0.4, -0.2) is 21.0 Å². The van der Waals surface area contributed by atoms with Crippen LogP contribution in [0.2, 0.25) is 0 Å². The number of hydrogen-bond donors (Lipinski definition) is 2. The van der Waals surface area contributed by atoms with E-state index >= 15 is 0 Å². The third-order valence-electron chi connectivity index (χ3n) is 4.54. The van der Waals surface area contributed by atoms with Crippen LogP contribution >= 0.6 is 0 Å². The lowest BCUT2D eigenvalue weighted by Crippen LogP contribution is -2.00. The highest BCUT2D eigenvalue weighted by Gasteiger charge is 2.08. The van der Waals surface area contributed by atoms with Crippen molar-refractivity contribution in [2.24, 2.45) is 0 Å². The molecule has 4 aromatic rings. The summed E-state index contributed by atoms with van der Waals surface area (Å²) in [5.41, 5.74) is 3.97. The number of aromatic amines is 1. The Kier molecular flexibility index (Phi) is 5.27. The Morgan fingerprint density at radius 3 is 2.63 bits per heavy atom. The van der Waals surface area contributed by atoms with Gasteiger partial charge in [-0.3, -0.25) is 0 Å². The number of benzene rings is 3. The van der Waals surface area contributed by atoms with Crippen LogP contribution in [0, 0.1) is 11.3 Å². The van der Waals surface area contributed by atoms with E-state index < -0.39 is 5.97 Å². The van der Waals surface area contributed by atoms with E-state index in [-0.39, 0.29) is 12.2 Å². The van der Waals surface area contributed by atoms with Gasteiger partial charge in [0.25, 0.3) is 0 Å². The fourth-order valence-electron chi connectivity index (χ4n) is 3.02. The molecule has 0 unspecified atom stereocenters. The molecule has 0 saturated carbocycles. The minimum absolute atomic E-state index is 0.228. The second kappa shape index (κ2) is 8.33. The fourth-order valence-corrected chi connectivity index (χ4v) is 3.02. The van der Waals surface area contributed by atoms with Gasteiger partial charge in [0.1, 0.15) is 24.3 Å². The van der Waals surface area contributed by atoms with Gasteiger partial charge in [-0.1, -0.05) is 36.4 Å². The van der Waals surface area contributed by atoms with Crippen LogP contribution in [-0.2, 0) is 6.61 Å². The molecule has 0 bridgehead atoms. The molecule has 6 heteroatoms. The number of para-hydroxylation sites is 2. The molecule has 0 saturated heterocycles. The van der Waals surface area contributed by atoms with Gasteiger partial charge in [-0.05, 0) is 53.6 Å². The van der Waals surface area contributed by atoms with Crippen molar-refractivity contribution in [2.75, 3.05) is 0 Å². The minimum atomic E-state index is -0.967. The van der Waals surface area contributed by atoms with Gasteiger partial charge >= 0.3 is 5.97 Å². The summed E-state index contributed by atoms with van der Waals surface area (Å²) in [7, 11) is 0. The number of imidazole rings is 1. The summed E-state index contributed by atoms with van der Waals surface area (Å²) in [4.78, 5) is 18.7. The van der Waals surface area contributed by atoms with Gasteiger partial charge in [0.15, 0.2) is 0 Å². The Morgan fingerprint density at radius 2 is 1.90 bits per heavy atom. The number of carboxylic acid groups (broad SMARTS) is 1. The smallest absolute Gasteiger partial charge is 0.335 e. The lowest BCUT2D eigenvalue weighted by atomic mass is 10.1. The van der Waals surface area contributed by atoms with Crippen molar-refractivity contribution in [2.45, 2.75) is 6.61 Å². The Hall–Kier alpha value is -4.37. The number of hydrogen-bond acceptors (Lipinski definition) is 4. The van der Waals surface area contributed by atoms with E-state index in [0.29, 0.717) is 17.1 Å². The number of aromatic nitrogens is 2. The maximum absolute atomic E-state index is 11.1. The fraction of sp³-hybridized carbons (Fsp3) is 0.0417. The number of rotatable bonds is 6. The SMILES string of the molecule is N#C/C(=C/c1ccc(OCc2cccc(C(=O)O)c2)cc1)c1nc2ccccc2[nH]1. The van der Waals surface area contributed by atoms with Crippen molar-refractivity contribution >= 4 is 28.7 Å². The summed E-state index contributed by atoms with van der Waals surface area (Å²) in [6, 6.07) is 23.8. The van der Waals surface area contributed by atoms with Crippen LogP contribution in [0.25, 0.3) is 22.7 Å². The summed E-state index contributed by atoms with van der Waals surface area (Å²) in [6.07, 6.45) is 1.76. The van der Waals surface area contributed by atoms with Gasteiger partial charge in [-0.2, -0.15) is 5.26 Å². The number of carboxylic acids is 1. The highest BCUT2D eigenvalue weighted by molar-refractivity contribution is 5.90. The van der Waals surface area contributed by atoms with Crippen LogP contribution in [0.3, 0.4) is 0 Å². The molecule has 6 nitrogen and oxygen atoms in total. The van der Waals surface area contributed by atoms with Gasteiger partial charge in [-0.15, -0.1) is 0 Å². The van der Waals surface area contributed by atoms with Gasteiger partial charge < -0.3 is 14.8 Å². The van der Waals surface area contributed by atoms with Gasteiger partial charge in [0, 0.05) is 0 Å². The van der Waals surface area contributed by atoms with E-state index in [0.717, 1.165) is 22.2 Å². The molecule has 1 aromatic heterocycles. The van der Waals surface area contributed by atoms with Crippen molar-refractivity contribution in [3.8, 4) is 11.8 Å². The predicted molar refractivity (Wildman–Crippen MR) is 114 cm³/mol. The van der Waals surface area contributed by atoms with Crippen LogP contribution < -0.4 is 4.74 Å². The van der Waals surface area contributed by atoms with E-state index in [2.05, 4.69) is 16.0 Å². The molecule has 30 heavy (non-hydrogen) atoms. The normalized spacial score (nSPS) is 11.2. The second-order valence-electron chi connectivity index (χ2n) is 6.64. The zero-order chi connectivity index (χ0) is 20.9. The van der Waals surface area contributed by atoms with Gasteiger partial charge in [0.2, 0.25) is 0 Å². The number of H-pyrrole nitrogens is 1. The monoisotopic (exact) mass is 395 g/mol. The lowest BCUT2D eigenvalue weighted by Gasteiger charge is -2.07. The first-order chi connectivity index (χ1) is 14.6. The summed E-state index contributed by atoms with van der Waals surface area (Å²) in [5.74, 6) is 0.207. The van der Waals surface area contributed by atoms with E-state index in [4.69, 9.17) is 9.84 Å². The highest BCUT2D eigenvalue weighted by atomic mass is 16.5. The lowest BCUT2D eigenvalue weighted by molar-refractivity contribution is 0.0696. The molecular formula is C24H17N3O3. The zero-order valence-corrected chi connectivity index (χ0v) is 15.9. The van der Waals surface area contributed by atoms with Crippen molar-refractivity contribution in [1.29, 1.82) is 5.26 Å². The van der Waals surface area contributed by atoms with Gasteiger partial charge in [-0.25, -0.2) is 9.78 Å². The molecule has 4 rings (SSSR count).